The Balaban J connectivity index is 2.02. The SMILES string of the molecule is CCn1cnnc1SC(C)C(=O)Nc1ccc(C#N)c(Cl)c1. The Labute approximate surface area is 137 Å². The van der Waals surface area contributed by atoms with E-state index in [1.54, 1.807) is 31.5 Å². The monoisotopic (exact) mass is 335 g/mol. The fourth-order valence-electron chi connectivity index (χ4n) is 1.69. The van der Waals surface area contributed by atoms with Gasteiger partial charge in [0.2, 0.25) is 5.91 Å². The summed E-state index contributed by atoms with van der Waals surface area (Å²) < 4.78 is 1.87. The minimum atomic E-state index is -0.344. The molecule has 1 amide bonds. The summed E-state index contributed by atoms with van der Waals surface area (Å²) in [7, 11) is 0. The van der Waals surface area contributed by atoms with E-state index in [0.29, 0.717) is 21.4 Å². The molecule has 0 spiro atoms. The van der Waals surface area contributed by atoms with Crippen LogP contribution >= 0.6 is 23.4 Å². The molecule has 6 nitrogen and oxygen atoms in total. The lowest BCUT2D eigenvalue weighted by Gasteiger charge is -2.12. The van der Waals surface area contributed by atoms with Crippen LogP contribution in [0.5, 0.6) is 0 Å². The molecule has 1 heterocycles. The summed E-state index contributed by atoms with van der Waals surface area (Å²) in [5.74, 6) is -0.170. The van der Waals surface area contributed by atoms with Crippen LogP contribution in [-0.2, 0) is 11.3 Å². The molecule has 0 aliphatic heterocycles. The normalized spacial score (nSPS) is 11.7. The van der Waals surface area contributed by atoms with Gasteiger partial charge in [-0.1, -0.05) is 23.4 Å². The zero-order valence-corrected chi connectivity index (χ0v) is 13.6. The molecule has 2 rings (SSSR count). The third kappa shape index (κ3) is 3.78. The van der Waals surface area contributed by atoms with E-state index < -0.39 is 0 Å². The number of aryl methyl sites for hydroxylation is 1. The van der Waals surface area contributed by atoms with E-state index in [1.807, 2.05) is 17.6 Å². The number of nitrogens with zero attached hydrogens (tertiary/aromatic N) is 4. The number of hydrogen-bond acceptors (Lipinski definition) is 5. The maximum Gasteiger partial charge on any atom is 0.237 e. The van der Waals surface area contributed by atoms with Crippen LogP contribution in [0.2, 0.25) is 5.02 Å². The second-order valence-corrected chi connectivity index (χ2v) is 6.17. The van der Waals surface area contributed by atoms with Crippen LogP contribution in [-0.4, -0.2) is 25.9 Å². The molecular formula is C14H14ClN5OS. The highest BCUT2D eigenvalue weighted by Crippen LogP contribution is 2.24. The van der Waals surface area contributed by atoms with Crippen molar-refractivity contribution < 1.29 is 4.79 Å². The van der Waals surface area contributed by atoms with Crippen molar-refractivity contribution in [2.24, 2.45) is 0 Å². The Hall–Kier alpha value is -2.04. The number of carbonyl (C=O) groups is 1. The highest BCUT2D eigenvalue weighted by molar-refractivity contribution is 8.00. The maximum absolute atomic E-state index is 12.2. The van der Waals surface area contributed by atoms with Crippen LogP contribution in [0.1, 0.15) is 19.4 Å². The average Bonchev–Trinajstić information content (AvgIpc) is 2.94. The quantitative estimate of drug-likeness (QED) is 0.849. The van der Waals surface area contributed by atoms with Crippen molar-refractivity contribution >= 4 is 35.0 Å². The molecule has 1 N–H and O–H groups in total. The first-order valence-electron chi connectivity index (χ1n) is 6.60. The first-order chi connectivity index (χ1) is 10.5. The first kappa shape index (κ1) is 16.3. The van der Waals surface area contributed by atoms with Crippen molar-refractivity contribution in [1.29, 1.82) is 5.26 Å². The van der Waals surface area contributed by atoms with Gasteiger partial charge in [0.25, 0.3) is 0 Å². The van der Waals surface area contributed by atoms with E-state index in [0.717, 1.165) is 6.54 Å². The van der Waals surface area contributed by atoms with Crippen molar-refractivity contribution in [2.45, 2.75) is 30.8 Å². The molecule has 0 bridgehead atoms. The average molecular weight is 336 g/mol. The molecular weight excluding hydrogens is 322 g/mol. The summed E-state index contributed by atoms with van der Waals surface area (Å²) in [5, 5.41) is 20.1. The number of nitrogens with one attached hydrogen (secondary N) is 1. The van der Waals surface area contributed by atoms with Crippen LogP contribution in [0.15, 0.2) is 29.7 Å². The molecule has 8 heteroatoms. The lowest BCUT2D eigenvalue weighted by Crippen LogP contribution is -2.22. The Morgan fingerprint density at radius 2 is 2.36 bits per heavy atom. The second-order valence-electron chi connectivity index (χ2n) is 4.46. The number of amides is 1. The molecule has 2 aromatic rings. The van der Waals surface area contributed by atoms with Gasteiger partial charge in [-0.3, -0.25) is 4.79 Å². The van der Waals surface area contributed by atoms with Gasteiger partial charge >= 0.3 is 0 Å². The van der Waals surface area contributed by atoms with Gasteiger partial charge < -0.3 is 9.88 Å². The smallest absolute Gasteiger partial charge is 0.237 e. The fourth-order valence-corrected chi connectivity index (χ4v) is 2.80. The van der Waals surface area contributed by atoms with Crippen molar-refractivity contribution in [2.75, 3.05) is 5.32 Å². The number of halogens is 1. The molecule has 0 aliphatic carbocycles. The molecule has 114 valence electrons. The third-order valence-electron chi connectivity index (χ3n) is 2.93. The number of carbonyl (C=O) groups excluding carboxylic acids is 1. The van der Waals surface area contributed by atoms with Gasteiger partial charge in [0.05, 0.1) is 15.8 Å². The molecule has 0 saturated carbocycles. The van der Waals surface area contributed by atoms with Crippen LogP contribution in [0.4, 0.5) is 5.69 Å². The summed E-state index contributed by atoms with van der Waals surface area (Å²) in [6.07, 6.45) is 1.63. The second kappa shape index (κ2) is 7.29. The molecule has 22 heavy (non-hydrogen) atoms. The topological polar surface area (TPSA) is 83.6 Å². The van der Waals surface area contributed by atoms with Crippen LogP contribution in [0.3, 0.4) is 0 Å². The van der Waals surface area contributed by atoms with Crippen LogP contribution in [0, 0.1) is 11.3 Å². The minimum absolute atomic E-state index is 0.170. The van der Waals surface area contributed by atoms with E-state index in [9.17, 15) is 4.79 Å². The number of thioether (sulfide) groups is 1. The van der Waals surface area contributed by atoms with Gasteiger partial charge in [0.1, 0.15) is 12.4 Å². The number of aromatic nitrogens is 3. The summed E-state index contributed by atoms with van der Waals surface area (Å²) in [5.41, 5.74) is 0.927. The molecule has 1 aromatic carbocycles. The van der Waals surface area contributed by atoms with Gasteiger partial charge in [-0.2, -0.15) is 5.26 Å². The number of anilines is 1. The predicted molar refractivity (Wildman–Crippen MR) is 85.8 cm³/mol. The first-order valence-corrected chi connectivity index (χ1v) is 7.86. The van der Waals surface area contributed by atoms with Gasteiger partial charge in [0.15, 0.2) is 5.16 Å². The zero-order chi connectivity index (χ0) is 16.1. The molecule has 0 fully saturated rings. The lowest BCUT2D eigenvalue weighted by molar-refractivity contribution is -0.115. The highest BCUT2D eigenvalue weighted by Gasteiger charge is 2.18. The van der Waals surface area contributed by atoms with Crippen LogP contribution in [0.25, 0.3) is 0 Å². The van der Waals surface area contributed by atoms with Gasteiger partial charge in [-0.25, -0.2) is 0 Å². The van der Waals surface area contributed by atoms with E-state index in [1.165, 1.54) is 11.8 Å². The zero-order valence-electron chi connectivity index (χ0n) is 12.1. The Morgan fingerprint density at radius 3 is 3.00 bits per heavy atom. The molecule has 1 aromatic heterocycles. The van der Waals surface area contributed by atoms with E-state index in [4.69, 9.17) is 16.9 Å². The number of hydrogen-bond donors (Lipinski definition) is 1. The predicted octanol–water partition coefficient (Wildman–Crippen LogP) is 2.94. The summed E-state index contributed by atoms with van der Waals surface area (Å²) in [4.78, 5) is 12.2. The number of rotatable bonds is 5. The van der Waals surface area contributed by atoms with Crippen LogP contribution < -0.4 is 5.32 Å². The Morgan fingerprint density at radius 1 is 1.59 bits per heavy atom. The summed E-state index contributed by atoms with van der Waals surface area (Å²) >= 11 is 7.28. The van der Waals surface area contributed by atoms with E-state index in [2.05, 4.69) is 15.5 Å². The third-order valence-corrected chi connectivity index (χ3v) is 4.34. The molecule has 1 unspecified atom stereocenters. The van der Waals surface area contributed by atoms with E-state index >= 15 is 0 Å². The van der Waals surface area contributed by atoms with Crippen molar-refractivity contribution in [3.8, 4) is 6.07 Å². The standard InChI is InChI=1S/C14H14ClN5OS/c1-3-20-8-17-19-14(20)22-9(2)13(21)18-11-5-4-10(7-16)12(15)6-11/h4-6,8-9H,3H2,1-2H3,(H,18,21). The van der Waals surface area contributed by atoms with Crippen molar-refractivity contribution in [3.05, 3.63) is 35.1 Å². The minimum Gasteiger partial charge on any atom is -0.325 e. The molecule has 1 atom stereocenters. The molecule has 0 aliphatic rings. The largest absolute Gasteiger partial charge is 0.325 e. The molecule has 0 saturated heterocycles. The number of nitriles is 1. The summed E-state index contributed by atoms with van der Waals surface area (Å²) in [6, 6.07) is 6.75. The van der Waals surface area contributed by atoms with Gasteiger partial charge in [0, 0.05) is 12.2 Å². The molecule has 0 radical (unpaired) electrons. The van der Waals surface area contributed by atoms with Gasteiger partial charge in [-0.15, -0.1) is 10.2 Å². The number of benzene rings is 1. The van der Waals surface area contributed by atoms with Crippen molar-refractivity contribution in [1.82, 2.24) is 14.8 Å². The summed E-state index contributed by atoms with van der Waals surface area (Å²) in [6.45, 7) is 4.52. The maximum atomic E-state index is 12.2. The Bertz CT molecular complexity index is 724. The van der Waals surface area contributed by atoms with Gasteiger partial charge in [-0.05, 0) is 32.0 Å². The Kier molecular flexibility index (Phi) is 5.41. The van der Waals surface area contributed by atoms with Crippen molar-refractivity contribution in [3.63, 3.8) is 0 Å². The fraction of sp³-hybridized carbons (Fsp3) is 0.286. The lowest BCUT2D eigenvalue weighted by atomic mass is 10.2. The van der Waals surface area contributed by atoms with E-state index in [-0.39, 0.29) is 11.2 Å². The highest BCUT2D eigenvalue weighted by atomic mass is 35.5.